The van der Waals surface area contributed by atoms with Crippen LogP contribution in [0.2, 0.25) is 0 Å². The van der Waals surface area contributed by atoms with E-state index < -0.39 is 60.4 Å². The Kier molecular flexibility index (Phi) is 6.65. The minimum atomic E-state index is -1.72. The van der Waals surface area contributed by atoms with E-state index in [-0.39, 0.29) is 33.6 Å². The lowest BCUT2D eigenvalue weighted by Crippen LogP contribution is -2.60. The summed E-state index contributed by atoms with van der Waals surface area (Å²) < 4.78 is 21.4. The number of ether oxygens (including phenoxy) is 3. The summed E-state index contributed by atoms with van der Waals surface area (Å²) in [4.78, 5) is 24.9. The van der Waals surface area contributed by atoms with Crippen molar-refractivity contribution in [3.63, 3.8) is 0 Å². The van der Waals surface area contributed by atoms with Crippen LogP contribution in [0.1, 0.15) is 6.92 Å². The summed E-state index contributed by atoms with van der Waals surface area (Å²) in [6, 6.07) is 7.61. The summed E-state index contributed by atoms with van der Waals surface area (Å²) in [6.07, 6.45) is -7.79. The second-order valence-corrected chi connectivity index (χ2v) is 7.86. The van der Waals surface area contributed by atoms with Crippen molar-refractivity contribution in [1.29, 1.82) is 0 Å². The molecule has 0 aliphatic carbocycles. The zero-order chi connectivity index (χ0) is 25.4. The van der Waals surface area contributed by atoms with Gasteiger partial charge in [0.25, 0.3) is 0 Å². The van der Waals surface area contributed by atoms with Crippen LogP contribution in [0.5, 0.6) is 23.2 Å². The summed E-state index contributed by atoms with van der Waals surface area (Å²) in [5.41, 5.74) is -0.917. The fourth-order valence-corrected chi connectivity index (χ4v) is 3.70. The van der Waals surface area contributed by atoms with Crippen LogP contribution in [-0.2, 0) is 9.53 Å². The van der Waals surface area contributed by atoms with Crippen molar-refractivity contribution in [2.24, 2.45) is 0 Å². The molecule has 35 heavy (non-hydrogen) atoms. The van der Waals surface area contributed by atoms with Crippen LogP contribution in [0, 0.1) is 0 Å². The molecule has 0 amide bonds. The second kappa shape index (κ2) is 9.52. The molecule has 5 atom stereocenters. The van der Waals surface area contributed by atoms with E-state index in [0.29, 0.717) is 0 Å². The lowest BCUT2D eigenvalue weighted by atomic mass is 9.99. The van der Waals surface area contributed by atoms with Gasteiger partial charge in [-0.3, -0.25) is 9.59 Å². The Labute approximate surface area is 196 Å². The van der Waals surface area contributed by atoms with Crippen molar-refractivity contribution in [2.75, 3.05) is 6.61 Å². The van der Waals surface area contributed by atoms with Gasteiger partial charge in [0.05, 0.1) is 6.61 Å². The molecular formula is C23H22O12. The molecule has 0 radical (unpaired) electrons. The Bertz CT molecular complexity index is 1300. The monoisotopic (exact) mass is 490 g/mol. The van der Waals surface area contributed by atoms with Gasteiger partial charge in [-0.1, -0.05) is 12.1 Å². The SMILES string of the molecule is CC(=O)Oc1oc2cc(O[C@@H]3OC(CO)[C@@H](O)C(O)C3O)cc(O)c2c(=O)c1-c1ccc(O)cc1. The second-order valence-electron chi connectivity index (χ2n) is 7.86. The van der Waals surface area contributed by atoms with Crippen LogP contribution in [0.4, 0.5) is 0 Å². The third kappa shape index (κ3) is 4.65. The van der Waals surface area contributed by atoms with E-state index in [1.165, 1.54) is 24.3 Å². The van der Waals surface area contributed by atoms with Crippen molar-refractivity contribution in [3.05, 3.63) is 46.6 Å². The molecule has 0 saturated carbocycles. The van der Waals surface area contributed by atoms with Crippen LogP contribution < -0.4 is 14.9 Å². The van der Waals surface area contributed by atoms with Gasteiger partial charge in [-0.2, -0.15) is 0 Å². The first-order valence-electron chi connectivity index (χ1n) is 10.4. The number of esters is 1. The number of carbonyl (C=O) groups excluding carboxylic acids is 1. The molecule has 3 aromatic rings. The van der Waals surface area contributed by atoms with Gasteiger partial charge in [-0.25, -0.2) is 0 Å². The number of hydrogen-bond acceptors (Lipinski definition) is 12. The summed E-state index contributed by atoms with van der Waals surface area (Å²) >= 11 is 0. The fraction of sp³-hybridized carbons (Fsp3) is 0.304. The molecule has 2 heterocycles. The Morgan fingerprint density at radius 2 is 1.71 bits per heavy atom. The van der Waals surface area contributed by atoms with E-state index in [1.54, 1.807) is 0 Å². The van der Waals surface area contributed by atoms with Crippen molar-refractivity contribution in [1.82, 2.24) is 0 Å². The lowest BCUT2D eigenvalue weighted by Gasteiger charge is -2.39. The number of aromatic hydroxyl groups is 2. The molecule has 1 aliphatic rings. The van der Waals surface area contributed by atoms with Crippen molar-refractivity contribution in [2.45, 2.75) is 37.6 Å². The van der Waals surface area contributed by atoms with Gasteiger partial charge in [0.15, 0.2) is 0 Å². The molecule has 1 fully saturated rings. The quantitative estimate of drug-likeness (QED) is 0.262. The first-order chi connectivity index (χ1) is 16.6. The lowest BCUT2D eigenvalue weighted by molar-refractivity contribution is -0.277. The number of fused-ring (bicyclic) bond motifs is 1. The maximum Gasteiger partial charge on any atom is 0.310 e. The van der Waals surface area contributed by atoms with Gasteiger partial charge in [0.1, 0.15) is 58.2 Å². The van der Waals surface area contributed by atoms with E-state index in [2.05, 4.69) is 0 Å². The molecule has 12 nitrogen and oxygen atoms in total. The van der Waals surface area contributed by atoms with E-state index in [1.807, 2.05) is 0 Å². The number of hydrogen-bond donors (Lipinski definition) is 6. The summed E-state index contributed by atoms with van der Waals surface area (Å²) in [7, 11) is 0. The molecule has 4 rings (SSSR count). The molecule has 0 spiro atoms. The standard InChI is InChI=1S/C23H22O12/c1-9(25)32-22-16(10-2-4-11(26)5-3-10)19(29)17-13(27)6-12(7-14(17)34-22)33-23-21(31)20(30)18(28)15(8-24)35-23/h2-7,15,18,20-21,23-24,26-28,30-31H,8H2,1H3/t15?,18-,20?,21?,23-/m1/s1. The average molecular weight is 490 g/mol. The molecule has 1 aliphatic heterocycles. The van der Waals surface area contributed by atoms with Gasteiger partial charge >= 0.3 is 11.9 Å². The van der Waals surface area contributed by atoms with Crippen LogP contribution in [-0.4, -0.2) is 73.9 Å². The molecular weight excluding hydrogens is 468 g/mol. The van der Waals surface area contributed by atoms with Gasteiger partial charge < -0.3 is 49.3 Å². The van der Waals surface area contributed by atoms with Crippen molar-refractivity contribution in [3.8, 4) is 34.3 Å². The molecule has 1 saturated heterocycles. The number of aliphatic hydroxyl groups is 4. The number of carbonyl (C=O) groups is 1. The Morgan fingerprint density at radius 3 is 2.34 bits per heavy atom. The van der Waals surface area contributed by atoms with Gasteiger partial charge in [0.2, 0.25) is 11.7 Å². The van der Waals surface area contributed by atoms with Crippen LogP contribution in [0.15, 0.2) is 45.6 Å². The molecule has 12 heteroatoms. The van der Waals surface area contributed by atoms with Gasteiger partial charge in [-0.05, 0) is 17.7 Å². The van der Waals surface area contributed by atoms with Gasteiger partial charge in [-0.15, -0.1) is 0 Å². The summed E-state index contributed by atoms with van der Waals surface area (Å²) in [5, 5.41) is 59.2. The van der Waals surface area contributed by atoms with Crippen molar-refractivity contribution >= 4 is 16.9 Å². The highest BCUT2D eigenvalue weighted by atomic mass is 16.7. The smallest absolute Gasteiger partial charge is 0.310 e. The van der Waals surface area contributed by atoms with E-state index in [4.69, 9.17) is 18.6 Å². The zero-order valence-electron chi connectivity index (χ0n) is 18.2. The highest BCUT2D eigenvalue weighted by molar-refractivity contribution is 5.90. The topological polar surface area (TPSA) is 196 Å². The van der Waals surface area contributed by atoms with E-state index in [0.717, 1.165) is 19.1 Å². The highest BCUT2D eigenvalue weighted by Gasteiger charge is 2.44. The molecule has 3 unspecified atom stereocenters. The van der Waals surface area contributed by atoms with Crippen LogP contribution in [0.3, 0.4) is 0 Å². The van der Waals surface area contributed by atoms with E-state index >= 15 is 0 Å². The fourth-order valence-electron chi connectivity index (χ4n) is 3.70. The predicted molar refractivity (Wildman–Crippen MR) is 117 cm³/mol. The minimum absolute atomic E-state index is 0.0641. The van der Waals surface area contributed by atoms with Gasteiger partial charge in [0, 0.05) is 19.1 Å². The summed E-state index contributed by atoms with van der Waals surface area (Å²) in [6.45, 7) is 0.426. The Balaban J connectivity index is 1.79. The molecule has 1 aromatic heterocycles. The minimum Gasteiger partial charge on any atom is -0.508 e. The molecule has 2 aromatic carbocycles. The third-order valence-corrected chi connectivity index (χ3v) is 5.41. The first-order valence-corrected chi connectivity index (χ1v) is 10.4. The van der Waals surface area contributed by atoms with E-state index in [9.17, 15) is 40.2 Å². The Morgan fingerprint density at radius 1 is 1.03 bits per heavy atom. The normalized spacial score (nSPS) is 24.3. The number of aliphatic hydroxyl groups excluding tert-OH is 4. The number of rotatable bonds is 5. The zero-order valence-corrected chi connectivity index (χ0v) is 18.2. The summed E-state index contributed by atoms with van der Waals surface area (Å²) in [5.74, 6) is -2.07. The van der Waals surface area contributed by atoms with Crippen LogP contribution >= 0.6 is 0 Å². The maximum absolute atomic E-state index is 13.3. The number of benzene rings is 2. The predicted octanol–water partition coefficient (Wildman–Crippen LogP) is -0.0248. The Hall–Kier alpha value is -3.68. The molecule has 6 N–H and O–H groups in total. The highest BCUT2D eigenvalue weighted by Crippen LogP contribution is 2.37. The van der Waals surface area contributed by atoms with Crippen molar-refractivity contribution < 1.29 is 54.1 Å². The number of phenols is 2. The molecule has 186 valence electrons. The maximum atomic E-state index is 13.3. The number of phenolic OH excluding ortho intramolecular Hbond substituents is 2. The average Bonchev–Trinajstić information content (AvgIpc) is 2.79. The first kappa shape index (κ1) is 24.4. The largest absolute Gasteiger partial charge is 0.508 e. The molecule has 0 bridgehead atoms. The third-order valence-electron chi connectivity index (χ3n) is 5.41. The van der Waals surface area contributed by atoms with Crippen LogP contribution in [0.25, 0.3) is 22.1 Å².